The van der Waals surface area contributed by atoms with E-state index in [9.17, 15) is 0 Å². The van der Waals surface area contributed by atoms with E-state index >= 15 is 0 Å². The average molecular weight is 225 g/mol. The number of aryl methyl sites for hydroxylation is 1. The molecule has 0 aliphatic heterocycles. The second-order valence-corrected chi connectivity index (χ2v) is 4.11. The first-order valence-electron chi connectivity index (χ1n) is 4.32. The summed E-state index contributed by atoms with van der Waals surface area (Å²) in [6, 6.07) is 0. The number of hydrogen-bond donors (Lipinski definition) is 1. The van der Waals surface area contributed by atoms with Crippen LogP contribution in [0.5, 0.6) is 0 Å². The zero-order valence-electron chi connectivity index (χ0n) is 8.68. The molecule has 0 bridgehead atoms. The molecule has 0 spiro atoms. The smallest absolute Gasteiger partial charge is 0.265 e. The first-order valence-corrected chi connectivity index (χ1v) is 5.10. The molecule has 2 aromatic rings. The Morgan fingerprint density at radius 3 is 2.60 bits per heavy atom. The molecular formula is C8H11N5OS. The Bertz CT molecular complexity index is 456. The van der Waals surface area contributed by atoms with Crippen LogP contribution in [-0.2, 0) is 0 Å². The van der Waals surface area contributed by atoms with E-state index in [0.717, 1.165) is 11.3 Å². The predicted octanol–water partition coefficient (Wildman–Crippen LogP) is 1.15. The Balaban J connectivity index is 2.46. The molecule has 0 aliphatic carbocycles. The van der Waals surface area contributed by atoms with Crippen LogP contribution in [0.25, 0.3) is 11.5 Å². The Morgan fingerprint density at radius 1 is 1.40 bits per heavy atom. The van der Waals surface area contributed by atoms with Crippen molar-refractivity contribution in [2.24, 2.45) is 0 Å². The predicted molar refractivity (Wildman–Crippen MR) is 58.9 cm³/mol. The van der Waals surface area contributed by atoms with E-state index in [2.05, 4.69) is 14.5 Å². The summed E-state index contributed by atoms with van der Waals surface area (Å²) in [7, 11) is 3.69. The highest BCUT2D eigenvalue weighted by molar-refractivity contribution is 7.10. The third-order valence-electron chi connectivity index (χ3n) is 1.92. The van der Waals surface area contributed by atoms with Crippen LogP contribution in [0.2, 0.25) is 0 Å². The van der Waals surface area contributed by atoms with E-state index in [-0.39, 0.29) is 0 Å². The number of nitrogens with two attached hydrogens (primary N) is 1. The summed E-state index contributed by atoms with van der Waals surface area (Å²) in [4.78, 5) is 5.97. The minimum atomic E-state index is 0.419. The van der Waals surface area contributed by atoms with Gasteiger partial charge in [0.2, 0.25) is 0 Å². The average Bonchev–Trinajstić information content (AvgIpc) is 2.73. The van der Waals surface area contributed by atoms with Crippen molar-refractivity contribution in [1.29, 1.82) is 0 Å². The van der Waals surface area contributed by atoms with E-state index in [1.807, 2.05) is 21.0 Å². The minimum absolute atomic E-state index is 0.419. The maximum Gasteiger partial charge on any atom is 0.265 e. The maximum atomic E-state index is 5.77. The number of rotatable bonds is 2. The minimum Gasteiger partial charge on any atom is -0.389 e. The van der Waals surface area contributed by atoms with Gasteiger partial charge in [-0.3, -0.25) is 0 Å². The summed E-state index contributed by atoms with van der Waals surface area (Å²) >= 11 is 1.23. The number of aromatic nitrogens is 3. The van der Waals surface area contributed by atoms with Crippen molar-refractivity contribution < 1.29 is 4.52 Å². The van der Waals surface area contributed by atoms with E-state index < -0.39 is 0 Å². The monoisotopic (exact) mass is 225 g/mol. The summed E-state index contributed by atoms with van der Waals surface area (Å²) in [6.45, 7) is 1.86. The van der Waals surface area contributed by atoms with Crippen LogP contribution in [0.15, 0.2) is 4.52 Å². The molecule has 6 nitrogen and oxygen atoms in total. The highest BCUT2D eigenvalue weighted by Gasteiger charge is 2.17. The fourth-order valence-electron chi connectivity index (χ4n) is 1.15. The molecule has 0 aromatic carbocycles. The fourth-order valence-corrected chi connectivity index (χ4v) is 1.80. The van der Waals surface area contributed by atoms with E-state index in [0.29, 0.717) is 16.8 Å². The van der Waals surface area contributed by atoms with Crippen LogP contribution < -0.4 is 10.6 Å². The molecule has 0 amide bonds. The van der Waals surface area contributed by atoms with Crippen LogP contribution in [0.1, 0.15) is 5.69 Å². The SMILES string of the molecule is Cc1nsc(N)c1-c1nc(N(C)C)no1. The van der Waals surface area contributed by atoms with Crippen LogP contribution in [0.4, 0.5) is 10.9 Å². The third-order valence-corrected chi connectivity index (χ3v) is 2.68. The van der Waals surface area contributed by atoms with E-state index in [4.69, 9.17) is 10.3 Å². The molecule has 0 unspecified atom stereocenters. The first kappa shape index (κ1) is 9.91. The first-order chi connectivity index (χ1) is 7.09. The number of nitrogen functional groups attached to an aromatic ring is 1. The van der Waals surface area contributed by atoms with Gasteiger partial charge in [-0.25, -0.2) is 0 Å². The largest absolute Gasteiger partial charge is 0.389 e. The van der Waals surface area contributed by atoms with Crippen molar-refractivity contribution in [3.05, 3.63) is 5.69 Å². The topological polar surface area (TPSA) is 81.1 Å². The van der Waals surface area contributed by atoms with Gasteiger partial charge in [0, 0.05) is 14.1 Å². The van der Waals surface area contributed by atoms with Gasteiger partial charge in [-0.2, -0.15) is 9.36 Å². The molecule has 2 N–H and O–H groups in total. The van der Waals surface area contributed by atoms with Gasteiger partial charge in [0.05, 0.1) is 11.3 Å². The van der Waals surface area contributed by atoms with Gasteiger partial charge in [-0.15, -0.1) is 0 Å². The van der Waals surface area contributed by atoms with Crippen LogP contribution in [0, 0.1) is 6.92 Å². The van der Waals surface area contributed by atoms with Gasteiger partial charge < -0.3 is 15.2 Å². The van der Waals surface area contributed by atoms with Crippen LogP contribution in [0.3, 0.4) is 0 Å². The molecule has 0 saturated heterocycles. The van der Waals surface area contributed by atoms with Crippen molar-refractivity contribution in [3.8, 4) is 11.5 Å². The lowest BCUT2D eigenvalue weighted by Crippen LogP contribution is -2.10. The number of nitrogens with zero attached hydrogens (tertiary/aromatic N) is 4. The Labute approximate surface area is 90.9 Å². The van der Waals surface area contributed by atoms with Crippen molar-refractivity contribution in [2.45, 2.75) is 6.92 Å². The molecule has 0 fully saturated rings. The summed E-state index contributed by atoms with van der Waals surface area (Å²) in [5.74, 6) is 0.942. The summed E-state index contributed by atoms with van der Waals surface area (Å²) in [5, 5.41) is 4.41. The van der Waals surface area contributed by atoms with Gasteiger partial charge >= 0.3 is 0 Å². The molecular weight excluding hydrogens is 214 g/mol. The second-order valence-electron chi connectivity index (χ2n) is 3.30. The van der Waals surface area contributed by atoms with Crippen molar-refractivity contribution in [3.63, 3.8) is 0 Å². The molecule has 0 atom stereocenters. The van der Waals surface area contributed by atoms with Gasteiger partial charge in [0.15, 0.2) is 0 Å². The molecule has 0 saturated carbocycles. The molecule has 2 aromatic heterocycles. The molecule has 2 rings (SSSR count). The fraction of sp³-hybridized carbons (Fsp3) is 0.375. The van der Waals surface area contributed by atoms with E-state index in [1.54, 1.807) is 4.90 Å². The van der Waals surface area contributed by atoms with Crippen molar-refractivity contribution >= 4 is 22.5 Å². The molecule has 0 aliphatic rings. The van der Waals surface area contributed by atoms with Gasteiger partial charge in [0.25, 0.3) is 11.8 Å². The Kier molecular flexibility index (Phi) is 2.31. The Morgan fingerprint density at radius 2 is 2.13 bits per heavy atom. The van der Waals surface area contributed by atoms with Gasteiger partial charge in [-0.05, 0) is 23.6 Å². The van der Waals surface area contributed by atoms with Gasteiger partial charge in [-0.1, -0.05) is 0 Å². The van der Waals surface area contributed by atoms with Crippen LogP contribution in [-0.4, -0.2) is 28.6 Å². The summed E-state index contributed by atoms with van der Waals surface area (Å²) in [5.41, 5.74) is 7.32. The quantitative estimate of drug-likeness (QED) is 0.825. The lowest BCUT2D eigenvalue weighted by Gasteiger charge is -2.02. The van der Waals surface area contributed by atoms with Crippen molar-refractivity contribution in [1.82, 2.24) is 14.5 Å². The maximum absolute atomic E-state index is 5.77. The summed E-state index contributed by atoms with van der Waals surface area (Å²) in [6.07, 6.45) is 0. The highest BCUT2D eigenvalue weighted by Crippen LogP contribution is 2.31. The van der Waals surface area contributed by atoms with Gasteiger partial charge in [0.1, 0.15) is 5.00 Å². The number of anilines is 2. The summed E-state index contributed by atoms with van der Waals surface area (Å²) < 4.78 is 9.24. The molecule has 0 radical (unpaired) electrons. The lowest BCUT2D eigenvalue weighted by molar-refractivity contribution is 0.431. The molecule has 80 valence electrons. The standard InChI is InChI=1S/C8H11N5OS/c1-4-5(6(9)15-12-4)7-10-8(11-14-7)13(2)3/h9H2,1-3H3. The molecule has 2 heterocycles. The lowest BCUT2D eigenvalue weighted by atomic mass is 10.2. The third kappa shape index (κ3) is 1.65. The zero-order valence-corrected chi connectivity index (χ0v) is 9.50. The Hall–Kier alpha value is -1.63. The second kappa shape index (κ2) is 3.50. The van der Waals surface area contributed by atoms with Crippen molar-refractivity contribution in [2.75, 3.05) is 24.7 Å². The molecule has 15 heavy (non-hydrogen) atoms. The highest BCUT2D eigenvalue weighted by atomic mass is 32.1. The van der Waals surface area contributed by atoms with Crippen LogP contribution >= 0.6 is 11.5 Å². The van der Waals surface area contributed by atoms with E-state index in [1.165, 1.54) is 11.5 Å². The number of hydrogen-bond acceptors (Lipinski definition) is 7. The normalized spacial score (nSPS) is 10.6. The molecule has 7 heteroatoms. The zero-order chi connectivity index (χ0) is 11.0.